The first-order valence-corrected chi connectivity index (χ1v) is 12.6. The SMILES string of the molecule is CCc1ccccc1N(CC(=O)N(Cc1c(Cl)cccc1Cl)C(C)C(=O)NC)S(C)(=O)=O. The van der Waals surface area contributed by atoms with E-state index >= 15 is 0 Å². The van der Waals surface area contributed by atoms with Crippen LogP contribution in [0.4, 0.5) is 5.69 Å². The normalized spacial score (nSPS) is 12.2. The second-order valence-corrected chi connectivity index (χ2v) is 9.99. The number of carbonyl (C=O) groups is 2. The van der Waals surface area contributed by atoms with Crippen LogP contribution >= 0.6 is 23.2 Å². The molecule has 174 valence electrons. The van der Waals surface area contributed by atoms with Gasteiger partial charge in [-0.25, -0.2) is 8.42 Å². The number of aryl methyl sites for hydroxylation is 1. The molecule has 7 nitrogen and oxygen atoms in total. The van der Waals surface area contributed by atoms with Gasteiger partial charge in [-0.15, -0.1) is 0 Å². The standard InChI is InChI=1S/C22H27Cl2N3O4S/c1-5-16-9-6-7-12-20(16)27(32(4,30)31)14-21(28)26(15(2)22(29)25-3)13-17-18(23)10-8-11-19(17)24/h6-12,15H,5,13-14H2,1-4H3,(H,25,29). The smallest absolute Gasteiger partial charge is 0.244 e. The maximum atomic E-state index is 13.4. The zero-order valence-corrected chi connectivity index (χ0v) is 20.8. The van der Waals surface area contributed by atoms with Crippen molar-refractivity contribution in [3.05, 3.63) is 63.6 Å². The van der Waals surface area contributed by atoms with Crippen LogP contribution in [0.3, 0.4) is 0 Å². The number of sulfonamides is 1. The number of halogens is 2. The Morgan fingerprint density at radius 2 is 1.66 bits per heavy atom. The predicted octanol–water partition coefficient (Wildman–Crippen LogP) is 3.49. The van der Waals surface area contributed by atoms with Crippen LogP contribution in [0.1, 0.15) is 25.0 Å². The average Bonchev–Trinajstić information content (AvgIpc) is 2.75. The average molecular weight is 500 g/mol. The highest BCUT2D eigenvalue weighted by Gasteiger charge is 2.31. The maximum Gasteiger partial charge on any atom is 0.244 e. The van der Waals surface area contributed by atoms with E-state index in [1.807, 2.05) is 19.1 Å². The Labute approximate surface area is 199 Å². The minimum atomic E-state index is -3.79. The van der Waals surface area contributed by atoms with Crippen molar-refractivity contribution in [2.24, 2.45) is 0 Å². The van der Waals surface area contributed by atoms with Gasteiger partial charge in [0, 0.05) is 29.2 Å². The Balaban J connectivity index is 2.48. The number of para-hydroxylation sites is 1. The van der Waals surface area contributed by atoms with Crippen molar-refractivity contribution in [2.45, 2.75) is 32.9 Å². The summed E-state index contributed by atoms with van der Waals surface area (Å²) in [5, 5.41) is 3.20. The van der Waals surface area contributed by atoms with Crippen molar-refractivity contribution in [3.8, 4) is 0 Å². The first-order valence-electron chi connectivity index (χ1n) is 10.0. The van der Waals surface area contributed by atoms with Gasteiger partial charge in [-0.2, -0.15) is 0 Å². The van der Waals surface area contributed by atoms with Crippen LogP contribution in [-0.4, -0.2) is 51.0 Å². The number of amides is 2. The van der Waals surface area contributed by atoms with Crippen LogP contribution in [0.25, 0.3) is 0 Å². The lowest BCUT2D eigenvalue weighted by Gasteiger charge is -2.32. The van der Waals surface area contributed by atoms with Crippen molar-refractivity contribution in [3.63, 3.8) is 0 Å². The van der Waals surface area contributed by atoms with E-state index in [-0.39, 0.29) is 6.54 Å². The summed E-state index contributed by atoms with van der Waals surface area (Å²) in [4.78, 5) is 27.1. The van der Waals surface area contributed by atoms with Crippen LogP contribution in [0, 0.1) is 0 Å². The van der Waals surface area contributed by atoms with Crippen molar-refractivity contribution < 1.29 is 18.0 Å². The molecule has 0 aliphatic heterocycles. The lowest BCUT2D eigenvalue weighted by molar-refractivity contribution is -0.139. The highest BCUT2D eigenvalue weighted by Crippen LogP contribution is 2.28. The number of likely N-dealkylation sites (N-methyl/N-ethyl adjacent to an activating group) is 1. The fourth-order valence-electron chi connectivity index (χ4n) is 3.29. The zero-order valence-electron chi connectivity index (χ0n) is 18.4. The monoisotopic (exact) mass is 499 g/mol. The van der Waals surface area contributed by atoms with Gasteiger partial charge in [-0.1, -0.05) is 54.4 Å². The van der Waals surface area contributed by atoms with E-state index in [9.17, 15) is 18.0 Å². The molecular weight excluding hydrogens is 473 g/mol. The number of rotatable bonds is 9. The van der Waals surface area contributed by atoms with E-state index in [1.165, 1.54) is 11.9 Å². The number of anilines is 1. The Hall–Kier alpha value is -2.29. The van der Waals surface area contributed by atoms with Crippen molar-refractivity contribution >= 4 is 50.7 Å². The van der Waals surface area contributed by atoms with Gasteiger partial charge in [0.05, 0.1) is 11.9 Å². The molecule has 0 spiro atoms. The molecule has 0 aliphatic rings. The van der Waals surface area contributed by atoms with Crippen LogP contribution < -0.4 is 9.62 Å². The van der Waals surface area contributed by atoms with Crippen LogP contribution in [0.5, 0.6) is 0 Å². The number of nitrogens with zero attached hydrogens (tertiary/aromatic N) is 2. The molecule has 2 aromatic carbocycles. The molecule has 0 saturated carbocycles. The van der Waals surface area contributed by atoms with Gasteiger partial charge in [-0.3, -0.25) is 13.9 Å². The molecule has 0 saturated heterocycles. The Kier molecular flexibility index (Phi) is 8.95. The van der Waals surface area contributed by atoms with E-state index in [0.29, 0.717) is 27.7 Å². The van der Waals surface area contributed by atoms with Crippen LogP contribution in [0.15, 0.2) is 42.5 Å². The summed E-state index contributed by atoms with van der Waals surface area (Å²) in [6.45, 7) is 2.94. The quantitative estimate of drug-likeness (QED) is 0.571. The third-order valence-electron chi connectivity index (χ3n) is 5.12. The number of benzene rings is 2. The molecule has 0 aliphatic carbocycles. The molecule has 2 rings (SSSR count). The van der Waals surface area contributed by atoms with E-state index in [0.717, 1.165) is 16.1 Å². The predicted molar refractivity (Wildman–Crippen MR) is 129 cm³/mol. The molecule has 1 N–H and O–H groups in total. The summed E-state index contributed by atoms with van der Waals surface area (Å²) < 4.78 is 26.3. The van der Waals surface area contributed by atoms with Crippen LogP contribution in [0.2, 0.25) is 10.0 Å². The minimum absolute atomic E-state index is 0.0566. The minimum Gasteiger partial charge on any atom is -0.357 e. The molecule has 0 aromatic heterocycles. The molecule has 1 unspecified atom stereocenters. The first kappa shape index (κ1) is 26.0. The maximum absolute atomic E-state index is 13.4. The Morgan fingerprint density at radius 1 is 1.06 bits per heavy atom. The van der Waals surface area contributed by atoms with E-state index in [2.05, 4.69) is 5.32 Å². The lowest BCUT2D eigenvalue weighted by Crippen LogP contribution is -2.50. The molecule has 0 heterocycles. The highest BCUT2D eigenvalue weighted by atomic mass is 35.5. The molecule has 1 atom stereocenters. The summed E-state index contributed by atoms with van der Waals surface area (Å²) in [5.74, 6) is -0.963. The van der Waals surface area contributed by atoms with Gasteiger partial charge in [0.25, 0.3) is 0 Å². The zero-order chi connectivity index (χ0) is 24.1. The number of nitrogens with one attached hydrogen (secondary N) is 1. The lowest BCUT2D eigenvalue weighted by atomic mass is 10.1. The summed E-state index contributed by atoms with van der Waals surface area (Å²) >= 11 is 12.6. The molecule has 2 aromatic rings. The third-order valence-corrected chi connectivity index (χ3v) is 6.96. The van der Waals surface area contributed by atoms with Crippen LogP contribution in [-0.2, 0) is 32.6 Å². The van der Waals surface area contributed by atoms with Gasteiger partial charge in [0.2, 0.25) is 21.8 Å². The van der Waals surface area contributed by atoms with E-state index < -0.39 is 34.4 Å². The summed E-state index contributed by atoms with van der Waals surface area (Å²) in [6, 6.07) is 11.1. The van der Waals surface area contributed by atoms with Gasteiger partial charge in [-0.05, 0) is 37.1 Å². The molecular formula is C22H27Cl2N3O4S. The van der Waals surface area contributed by atoms with Gasteiger partial charge >= 0.3 is 0 Å². The molecule has 0 bridgehead atoms. The van der Waals surface area contributed by atoms with Crippen molar-refractivity contribution in [2.75, 3.05) is 24.2 Å². The fourth-order valence-corrected chi connectivity index (χ4v) is 4.69. The Morgan fingerprint density at radius 3 is 2.19 bits per heavy atom. The molecule has 2 amide bonds. The summed E-state index contributed by atoms with van der Waals surface area (Å²) in [5.41, 5.74) is 1.68. The topological polar surface area (TPSA) is 86.8 Å². The summed E-state index contributed by atoms with van der Waals surface area (Å²) in [6.07, 6.45) is 1.63. The number of hydrogen-bond donors (Lipinski definition) is 1. The van der Waals surface area contributed by atoms with E-state index in [4.69, 9.17) is 23.2 Å². The van der Waals surface area contributed by atoms with E-state index in [1.54, 1.807) is 37.3 Å². The van der Waals surface area contributed by atoms with Gasteiger partial charge < -0.3 is 10.2 Å². The molecule has 0 radical (unpaired) electrons. The number of carbonyl (C=O) groups excluding carboxylic acids is 2. The van der Waals surface area contributed by atoms with Gasteiger partial charge in [0.15, 0.2) is 0 Å². The van der Waals surface area contributed by atoms with Crippen molar-refractivity contribution in [1.29, 1.82) is 0 Å². The molecule has 0 fully saturated rings. The van der Waals surface area contributed by atoms with Gasteiger partial charge in [0.1, 0.15) is 12.6 Å². The highest BCUT2D eigenvalue weighted by molar-refractivity contribution is 7.92. The third kappa shape index (κ3) is 6.15. The molecule has 10 heteroatoms. The first-order chi connectivity index (χ1) is 15.0. The molecule has 32 heavy (non-hydrogen) atoms. The summed E-state index contributed by atoms with van der Waals surface area (Å²) in [7, 11) is -2.32. The van der Waals surface area contributed by atoms with Crippen molar-refractivity contribution in [1.82, 2.24) is 10.2 Å². The fraction of sp³-hybridized carbons (Fsp3) is 0.364. The number of hydrogen-bond acceptors (Lipinski definition) is 4. The second-order valence-electron chi connectivity index (χ2n) is 7.26. The second kappa shape index (κ2) is 11.0. The Bertz CT molecular complexity index is 1070. The largest absolute Gasteiger partial charge is 0.357 e.